The minimum Gasteiger partial charge on any atom is -0.359 e. The number of aryl methyl sites for hydroxylation is 1. The SMILES string of the molecule is Cc1cc(CBr)cnc1N(C)CC1CCC1. The Balaban J connectivity index is 2.06. The molecule has 16 heavy (non-hydrogen) atoms. The highest BCUT2D eigenvalue weighted by atomic mass is 79.9. The van der Waals surface area contributed by atoms with E-state index < -0.39 is 0 Å². The second kappa shape index (κ2) is 5.17. The van der Waals surface area contributed by atoms with E-state index in [1.165, 1.54) is 30.4 Å². The van der Waals surface area contributed by atoms with Crippen LogP contribution in [0.25, 0.3) is 0 Å². The van der Waals surface area contributed by atoms with E-state index in [0.717, 1.165) is 23.6 Å². The standard InChI is InChI=1S/C13H19BrN2/c1-10-6-12(7-14)8-15-13(10)16(2)9-11-4-3-5-11/h6,8,11H,3-5,7,9H2,1-2H3. The van der Waals surface area contributed by atoms with Crippen molar-refractivity contribution in [2.45, 2.75) is 31.5 Å². The van der Waals surface area contributed by atoms with Crippen LogP contribution in [0.4, 0.5) is 5.82 Å². The average molecular weight is 283 g/mol. The molecule has 1 saturated carbocycles. The zero-order valence-electron chi connectivity index (χ0n) is 10.0. The molecule has 2 rings (SSSR count). The first-order valence-electron chi connectivity index (χ1n) is 5.93. The number of pyridine rings is 1. The molecule has 88 valence electrons. The molecule has 1 aliphatic carbocycles. The van der Waals surface area contributed by atoms with E-state index in [4.69, 9.17) is 0 Å². The van der Waals surface area contributed by atoms with Gasteiger partial charge in [0, 0.05) is 25.1 Å². The molecule has 1 aliphatic rings. The van der Waals surface area contributed by atoms with Crippen LogP contribution in [0.15, 0.2) is 12.3 Å². The van der Waals surface area contributed by atoms with Gasteiger partial charge in [-0.3, -0.25) is 0 Å². The van der Waals surface area contributed by atoms with Crippen LogP contribution < -0.4 is 4.90 Å². The molecular formula is C13H19BrN2. The van der Waals surface area contributed by atoms with Crippen molar-refractivity contribution in [3.05, 3.63) is 23.4 Å². The van der Waals surface area contributed by atoms with Crippen LogP contribution in [0, 0.1) is 12.8 Å². The molecule has 0 radical (unpaired) electrons. The van der Waals surface area contributed by atoms with Crippen molar-refractivity contribution < 1.29 is 0 Å². The lowest BCUT2D eigenvalue weighted by atomic mass is 9.85. The molecule has 0 N–H and O–H groups in total. The second-order valence-electron chi connectivity index (χ2n) is 4.80. The van der Waals surface area contributed by atoms with E-state index in [2.05, 4.69) is 45.9 Å². The number of alkyl halides is 1. The zero-order valence-corrected chi connectivity index (χ0v) is 11.6. The lowest BCUT2D eigenvalue weighted by molar-refractivity contribution is 0.321. The number of anilines is 1. The molecule has 1 aromatic rings. The van der Waals surface area contributed by atoms with Gasteiger partial charge in [-0.25, -0.2) is 4.98 Å². The summed E-state index contributed by atoms with van der Waals surface area (Å²) in [6, 6.07) is 2.22. The summed E-state index contributed by atoms with van der Waals surface area (Å²) in [7, 11) is 2.15. The van der Waals surface area contributed by atoms with E-state index in [1.54, 1.807) is 0 Å². The van der Waals surface area contributed by atoms with E-state index in [1.807, 2.05) is 6.20 Å². The smallest absolute Gasteiger partial charge is 0.131 e. The maximum Gasteiger partial charge on any atom is 0.131 e. The van der Waals surface area contributed by atoms with Crippen LogP contribution in [-0.2, 0) is 5.33 Å². The number of halogens is 1. The summed E-state index contributed by atoms with van der Waals surface area (Å²) in [6.07, 6.45) is 6.16. The van der Waals surface area contributed by atoms with Crippen LogP contribution in [-0.4, -0.2) is 18.6 Å². The summed E-state index contributed by atoms with van der Waals surface area (Å²) in [6.45, 7) is 3.30. The third-order valence-corrected chi connectivity index (χ3v) is 4.03. The monoisotopic (exact) mass is 282 g/mol. The van der Waals surface area contributed by atoms with E-state index in [9.17, 15) is 0 Å². The minimum absolute atomic E-state index is 0.882. The first-order valence-corrected chi connectivity index (χ1v) is 7.05. The highest BCUT2D eigenvalue weighted by molar-refractivity contribution is 9.08. The lowest BCUT2D eigenvalue weighted by Crippen LogP contribution is -2.30. The van der Waals surface area contributed by atoms with Gasteiger partial charge < -0.3 is 4.90 Å². The van der Waals surface area contributed by atoms with Crippen LogP contribution in [0.3, 0.4) is 0 Å². The first kappa shape index (κ1) is 11.9. The molecular weight excluding hydrogens is 264 g/mol. The number of rotatable bonds is 4. The second-order valence-corrected chi connectivity index (χ2v) is 5.36. The highest BCUT2D eigenvalue weighted by Gasteiger charge is 2.20. The van der Waals surface area contributed by atoms with Gasteiger partial charge in [-0.05, 0) is 36.8 Å². The Hall–Kier alpha value is -0.570. The Morgan fingerprint density at radius 1 is 1.50 bits per heavy atom. The predicted octanol–water partition coefficient (Wildman–Crippen LogP) is 3.52. The third-order valence-electron chi connectivity index (χ3n) is 3.38. The molecule has 0 unspecified atom stereocenters. The van der Waals surface area contributed by atoms with Gasteiger partial charge in [-0.15, -0.1) is 0 Å². The van der Waals surface area contributed by atoms with Crippen LogP contribution in [0.5, 0.6) is 0 Å². The maximum absolute atomic E-state index is 4.56. The van der Waals surface area contributed by atoms with Crippen molar-refractivity contribution >= 4 is 21.7 Å². The Morgan fingerprint density at radius 2 is 2.25 bits per heavy atom. The Labute approximate surface area is 106 Å². The topological polar surface area (TPSA) is 16.1 Å². The Morgan fingerprint density at radius 3 is 2.75 bits per heavy atom. The number of hydrogen-bond acceptors (Lipinski definition) is 2. The summed E-state index contributed by atoms with van der Waals surface area (Å²) >= 11 is 3.46. The van der Waals surface area contributed by atoms with Gasteiger partial charge in [0.2, 0.25) is 0 Å². The quantitative estimate of drug-likeness (QED) is 0.786. The van der Waals surface area contributed by atoms with Gasteiger partial charge in [0.1, 0.15) is 5.82 Å². The van der Waals surface area contributed by atoms with Gasteiger partial charge >= 0.3 is 0 Å². The fraction of sp³-hybridized carbons (Fsp3) is 0.615. The molecule has 0 saturated heterocycles. The lowest BCUT2D eigenvalue weighted by Gasteiger charge is -2.31. The van der Waals surface area contributed by atoms with Gasteiger partial charge in [0.25, 0.3) is 0 Å². The van der Waals surface area contributed by atoms with E-state index >= 15 is 0 Å². The molecule has 2 nitrogen and oxygen atoms in total. The third kappa shape index (κ3) is 2.57. The summed E-state index contributed by atoms with van der Waals surface area (Å²) in [5.74, 6) is 2.03. The molecule has 0 aliphatic heterocycles. The molecule has 0 atom stereocenters. The fourth-order valence-electron chi connectivity index (χ4n) is 2.25. The van der Waals surface area contributed by atoms with Gasteiger partial charge in [-0.2, -0.15) is 0 Å². The van der Waals surface area contributed by atoms with Gasteiger partial charge in [-0.1, -0.05) is 28.4 Å². The molecule has 3 heteroatoms. The molecule has 0 spiro atoms. The number of aromatic nitrogens is 1. The van der Waals surface area contributed by atoms with Crippen molar-refractivity contribution in [2.24, 2.45) is 5.92 Å². The van der Waals surface area contributed by atoms with Crippen molar-refractivity contribution in [3.63, 3.8) is 0 Å². The first-order chi connectivity index (χ1) is 7.70. The summed E-state index contributed by atoms with van der Waals surface area (Å²) in [5, 5.41) is 0.882. The minimum atomic E-state index is 0.882. The van der Waals surface area contributed by atoms with Crippen LogP contribution in [0.2, 0.25) is 0 Å². The van der Waals surface area contributed by atoms with Crippen molar-refractivity contribution in [3.8, 4) is 0 Å². The largest absolute Gasteiger partial charge is 0.359 e. The predicted molar refractivity (Wildman–Crippen MR) is 72.2 cm³/mol. The van der Waals surface area contributed by atoms with Crippen molar-refractivity contribution in [1.29, 1.82) is 0 Å². The molecule has 1 fully saturated rings. The summed E-state index contributed by atoms with van der Waals surface area (Å²) in [5.41, 5.74) is 2.53. The number of nitrogens with zero attached hydrogens (tertiary/aromatic N) is 2. The molecule has 1 aromatic heterocycles. The maximum atomic E-state index is 4.56. The van der Waals surface area contributed by atoms with E-state index in [0.29, 0.717) is 0 Å². The molecule has 0 bridgehead atoms. The van der Waals surface area contributed by atoms with Gasteiger partial charge in [0.05, 0.1) is 0 Å². The van der Waals surface area contributed by atoms with Crippen LogP contribution in [0.1, 0.15) is 30.4 Å². The molecule has 0 amide bonds. The summed E-state index contributed by atoms with van der Waals surface area (Å²) in [4.78, 5) is 6.86. The van der Waals surface area contributed by atoms with Crippen LogP contribution >= 0.6 is 15.9 Å². The number of hydrogen-bond donors (Lipinski definition) is 0. The normalized spacial score (nSPS) is 15.9. The Bertz CT molecular complexity index is 361. The highest BCUT2D eigenvalue weighted by Crippen LogP contribution is 2.28. The average Bonchev–Trinajstić information content (AvgIpc) is 2.23. The van der Waals surface area contributed by atoms with Crippen molar-refractivity contribution in [1.82, 2.24) is 4.98 Å². The van der Waals surface area contributed by atoms with E-state index in [-0.39, 0.29) is 0 Å². The zero-order chi connectivity index (χ0) is 11.5. The molecule has 1 heterocycles. The molecule has 0 aromatic carbocycles. The van der Waals surface area contributed by atoms with Gasteiger partial charge in [0.15, 0.2) is 0 Å². The summed E-state index contributed by atoms with van der Waals surface area (Å²) < 4.78 is 0. The fourth-order valence-corrected chi connectivity index (χ4v) is 2.55. The Kier molecular flexibility index (Phi) is 3.85. The van der Waals surface area contributed by atoms with Crippen molar-refractivity contribution in [2.75, 3.05) is 18.5 Å².